The maximum absolute atomic E-state index is 6.32. The van der Waals surface area contributed by atoms with Crippen LogP contribution in [0.25, 0.3) is 43.7 Å². The van der Waals surface area contributed by atoms with Crippen molar-refractivity contribution in [3.8, 4) is 0 Å². The Kier molecular flexibility index (Phi) is 3.21. The van der Waals surface area contributed by atoms with Crippen molar-refractivity contribution in [3.05, 3.63) is 60.7 Å². The van der Waals surface area contributed by atoms with Gasteiger partial charge in [-0.05, 0) is 36.1 Å². The van der Waals surface area contributed by atoms with E-state index in [4.69, 9.17) is 4.42 Å². The van der Waals surface area contributed by atoms with Crippen molar-refractivity contribution in [1.29, 1.82) is 0 Å². The number of hydrogen-bond donors (Lipinski definition) is 0. The fourth-order valence-electron chi connectivity index (χ4n) is 4.00. The van der Waals surface area contributed by atoms with E-state index >= 15 is 0 Å². The third-order valence-electron chi connectivity index (χ3n) is 5.37. The van der Waals surface area contributed by atoms with E-state index in [0.29, 0.717) is 5.41 Å². The number of fused-ring (bicyclic) bond motifs is 7. The summed E-state index contributed by atoms with van der Waals surface area (Å²) in [6, 6.07) is 21.5. The van der Waals surface area contributed by atoms with Gasteiger partial charge in [0.15, 0.2) is 0 Å². The summed E-state index contributed by atoms with van der Waals surface area (Å²) in [7, 11) is 0. The van der Waals surface area contributed by atoms with E-state index in [9.17, 15) is 0 Å². The van der Waals surface area contributed by atoms with Gasteiger partial charge in [-0.15, -0.1) is 0 Å². The quantitative estimate of drug-likeness (QED) is 0.334. The minimum Gasteiger partial charge on any atom is -0.455 e. The second kappa shape index (κ2) is 5.38. The first-order valence-corrected chi connectivity index (χ1v) is 9.34. The first-order chi connectivity index (χ1) is 12.5. The molecule has 3 aromatic carbocycles. The molecule has 0 aliphatic rings. The van der Waals surface area contributed by atoms with Crippen LogP contribution in [0, 0.1) is 5.41 Å². The Morgan fingerprint density at radius 1 is 0.769 bits per heavy atom. The maximum Gasteiger partial charge on any atom is 0.145 e. The third kappa shape index (κ3) is 2.25. The van der Waals surface area contributed by atoms with Crippen LogP contribution in [0.2, 0.25) is 0 Å². The molecule has 5 aromatic rings. The summed E-state index contributed by atoms with van der Waals surface area (Å²) in [5.74, 6) is 0. The van der Waals surface area contributed by atoms with Gasteiger partial charge in [-0.1, -0.05) is 57.2 Å². The predicted octanol–water partition coefficient (Wildman–Crippen LogP) is 7.13. The third-order valence-corrected chi connectivity index (χ3v) is 5.37. The number of para-hydroxylation sites is 2. The summed E-state index contributed by atoms with van der Waals surface area (Å²) in [6.45, 7) is 7.92. The van der Waals surface area contributed by atoms with Gasteiger partial charge in [0.25, 0.3) is 0 Å². The molecule has 0 radical (unpaired) electrons. The fraction of sp³-hybridized carbons (Fsp3) is 0.250. The second-order valence-electron chi connectivity index (χ2n) is 8.41. The van der Waals surface area contributed by atoms with Crippen molar-refractivity contribution in [3.63, 3.8) is 0 Å². The van der Waals surface area contributed by atoms with Crippen molar-refractivity contribution >= 4 is 43.7 Å². The Hall–Kier alpha value is -2.74. The Bertz CT molecular complexity index is 1260. The number of hydrogen-bond acceptors (Lipinski definition) is 1. The predicted molar refractivity (Wildman–Crippen MR) is 111 cm³/mol. The van der Waals surface area contributed by atoms with Gasteiger partial charge in [0.2, 0.25) is 0 Å². The van der Waals surface area contributed by atoms with Gasteiger partial charge in [-0.2, -0.15) is 0 Å². The molecule has 0 aliphatic carbocycles. The Balaban J connectivity index is 1.88. The van der Waals surface area contributed by atoms with Gasteiger partial charge in [0.1, 0.15) is 11.2 Å². The molecule has 0 saturated carbocycles. The zero-order valence-corrected chi connectivity index (χ0v) is 15.5. The molecule has 5 rings (SSSR count). The van der Waals surface area contributed by atoms with E-state index in [1.165, 1.54) is 32.6 Å². The standard InChI is InChI=1S/C24H23NO/c1-24(2,3)14-15-25-19-10-6-4-9-18(19)22-20(25)13-12-17-16-8-5-7-11-21(16)26-23(17)22/h4-13H,14-15H2,1-3H3. The molecule has 0 amide bonds. The van der Waals surface area contributed by atoms with Crippen LogP contribution in [0.1, 0.15) is 27.2 Å². The summed E-state index contributed by atoms with van der Waals surface area (Å²) >= 11 is 0. The number of aromatic nitrogens is 1. The van der Waals surface area contributed by atoms with Crippen LogP contribution in [-0.4, -0.2) is 4.57 Å². The molecule has 0 atom stereocenters. The van der Waals surface area contributed by atoms with Crippen molar-refractivity contribution < 1.29 is 4.42 Å². The monoisotopic (exact) mass is 341 g/mol. The molecule has 2 aromatic heterocycles. The first-order valence-electron chi connectivity index (χ1n) is 9.34. The van der Waals surface area contributed by atoms with Gasteiger partial charge >= 0.3 is 0 Å². The summed E-state index contributed by atoms with van der Waals surface area (Å²) in [5.41, 5.74) is 4.83. The van der Waals surface area contributed by atoms with Crippen molar-refractivity contribution in [1.82, 2.24) is 4.57 Å². The molecule has 0 saturated heterocycles. The number of furan rings is 1. The number of rotatable bonds is 2. The molecular weight excluding hydrogens is 318 g/mol. The van der Waals surface area contributed by atoms with Crippen LogP contribution < -0.4 is 0 Å². The normalized spacial score (nSPS) is 12.7. The molecule has 0 aliphatic heterocycles. The lowest BCUT2D eigenvalue weighted by molar-refractivity contribution is 0.355. The SMILES string of the molecule is CC(C)(C)CCn1c2ccccc2c2c3oc4ccccc4c3ccc21. The van der Waals surface area contributed by atoms with E-state index in [-0.39, 0.29) is 0 Å². The average Bonchev–Trinajstić information content (AvgIpc) is 3.15. The van der Waals surface area contributed by atoms with Crippen molar-refractivity contribution in [2.45, 2.75) is 33.7 Å². The zero-order chi connectivity index (χ0) is 17.9. The smallest absolute Gasteiger partial charge is 0.145 e. The molecule has 0 fully saturated rings. The van der Waals surface area contributed by atoms with E-state index in [2.05, 4.69) is 79.9 Å². The van der Waals surface area contributed by atoms with Crippen LogP contribution in [0.4, 0.5) is 0 Å². The number of benzene rings is 3. The molecule has 0 unspecified atom stereocenters. The molecular formula is C24H23NO. The van der Waals surface area contributed by atoms with Crippen molar-refractivity contribution in [2.75, 3.05) is 0 Å². The van der Waals surface area contributed by atoms with Gasteiger partial charge in [-0.3, -0.25) is 0 Å². The minimum atomic E-state index is 0.307. The lowest BCUT2D eigenvalue weighted by Crippen LogP contribution is -2.10. The summed E-state index contributed by atoms with van der Waals surface area (Å²) < 4.78 is 8.78. The highest BCUT2D eigenvalue weighted by atomic mass is 16.3. The lowest BCUT2D eigenvalue weighted by atomic mass is 9.92. The second-order valence-corrected chi connectivity index (χ2v) is 8.41. The maximum atomic E-state index is 6.32. The van der Waals surface area contributed by atoms with Gasteiger partial charge in [0, 0.05) is 28.2 Å². The van der Waals surface area contributed by atoms with Crippen LogP contribution in [0.15, 0.2) is 65.1 Å². The molecule has 2 heteroatoms. The Morgan fingerprint density at radius 3 is 2.31 bits per heavy atom. The highest BCUT2D eigenvalue weighted by Crippen LogP contribution is 2.39. The van der Waals surface area contributed by atoms with Crippen LogP contribution >= 0.6 is 0 Å². The van der Waals surface area contributed by atoms with E-state index in [0.717, 1.165) is 24.1 Å². The van der Waals surface area contributed by atoms with Gasteiger partial charge < -0.3 is 8.98 Å². The lowest BCUT2D eigenvalue weighted by Gasteiger charge is -2.19. The number of aryl methyl sites for hydroxylation is 1. The molecule has 2 nitrogen and oxygen atoms in total. The largest absolute Gasteiger partial charge is 0.455 e. The van der Waals surface area contributed by atoms with Crippen molar-refractivity contribution in [2.24, 2.45) is 5.41 Å². The summed E-state index contributed by atoms with van der Waals surface area (Å²) in [6.07, 6.45) is 1.14. The first kappa shape index (κ1) is 15.5. The van der Waals surface area contributed by atoms with Gasteiger partial charge in [-0.25, -0.2) is 0 Å². The fourth-order valence-corrected chi connectivity index (χ4v) is 4.00. The van der Waals surface area contributed by atoms with Crippen LogP contribution in [0.5, 0.6) is 0 Å². The summed E-state index contributed by atoms with van der Waals surface area (Å²) in [4.78, 5) is 0. The van der Waals surface area contributed by atoms with Gasteiger partial charge in [0.05, 0.1) is 10.9 Å². The molecule has 0 spiro atoms. The average molecular weight is 341 g/mol. The molecule has 0 bridgehead atoms. The highest BCUT2D eigenvalue weighted by Gasteiger charge is 2.18. The molecule has 130 valence electrons. The Morgan fingerprint density at radius 2 is 1.50 bits per heavy atom. The van der Waals surface area contributed by atoms with E-state index in [1.807, 2.05) is 6.07 Å². The molecule has 2 heterocycles. The highest BCUT2D eigenvalue weighted by molar-refractivity contribution is 6.23. The topological polar surface area (TPSA) is 18.1 Å². The zero-order valence-electron chi connectivity index (χ0n) is 15.5. The summed E-state index contributed by atoms with van der Waals surface area (Å²) in [5, 5.41) is 4.91. The Labute approximate surface area is 153 Å². The van der Waals surface area contributed by atoms with Crippen LogP contribution in [0.3, 0.4) is 0 Å². The molecule has 0 N–H and O–H groups in total. The number of nitrogens with zero attached hydrogens (tertiary/aromatic N) is 1. The molecule has 26 heavy (non-hydrogen) atoms. The van der Waals surface area contributed by atoms with Crippen LogP contribution in [-0.2, 0) is 6.54 Å². The van der Waals surface area contributed by atoms with E-state index in [1.54, 1.807) is 0 Å². The minimum absolute atomic E-state index is 0.307. The van der Waals surface area contributed by atoms with E-state index < -0.39 is 0 Å².